The molecule has 3 rings (SSSR count). The van der Waals surface area contributed by atoms with E-state index >= 15 is 0 Å². The molecule has 3 aromatic rings. The lowest BCUT2D eigenvalue weighted by molar-refractivity contribution is 0.220. The highest BCUT2D eigenvalue weighted by Gasteiger charge is 2.12. The number of pyridine rings is 1. The Kier molecular flexibility index (Phi) is 3.59. The summed E-state index contributed by atoms with van der Waals surface area (Å²) in [5.74, 6) is 0. The molecule has 0 saturated carbocycles. The highest BCUT2D eigenvalue weighted by molar-refractivity contribution is 5.79. The molecule has 3 heteroatoms. The van der Waals surface area contributed by atoms with Crippen LogP contribution in [0.15, 0.2) is 60.8 Å². The van der Waals surface area contributed by atoms with Crippen molar-refractivity contribution < 1.29 is 5.11 Å². The molecule has 0 saturated heterocycles. The van der Waals surface area contributed by atoms with E-state index in [1.807, 2.05) is 73.6 Å². The summed E-state index contributed by atoms with van der Waals surface area (Å²) in [4.78, 5) is 6.37. The number of hydrogen-bond donors (Lipinski definition) is 1. The van der Waals surface area contributed by atoms with Gasteiger partial charge in [-0.2, -0.15) is 0 Å². The molecule has 2 aromatic carbocycles. The first-order valence-electron chi connectivity index (χ1n) is 6.95. The van der Waals surface area contributed by atoms with Crippen LogP contribution in [-0.2, 0) is 0 Å². The Morgan fingerprint density at radius 2 is 1.76 bits per heavy atom. The number of nitrogens with zero attached hydrogens (tertiary/aromatic N) is 2. The first-order chi connectivity index (χ1) is 10.1. The van der Waals surface area contributed by atoms with Crippen LogP contribution in [0, 0.1) is 0 Å². The van der Waals surface area contributed by atoms with Crippen molar-refractivity contribution in [3.8, 4) is 0 Å². The van der Waals surface area contributed by atoms with E-state index < -0.39 is 6.10 Å². The molecular weight excluding hydrogens is 260 g/mol. The molecule has 1 heterocycles. The smallest absolute Gasteiger partial charge is 0.104 e. The van der Waals surface area contributed by atoms with Crippen LogP contribution in [-0.4, -0.2) is 24.2 Å². The van der Waals surface area contributed by atoms with Crippen molar-refractivity contribution in [1.82, 2.24) is 4.98 Å². The van der Waals surface area contributed by atoms with Gasteiger partial charge in [-0.15, -0.1) is 0 Å². The largest absolute Gasteiger partial charge is 0.384 e. The van der Waals surface area contributed by atoms with Gasteiger partial charge in [-0.25, -0.2) is 0 Å². The van der Waals surface area contributed by atoms with Crippen molar-refractivity contribution in [2.75, 3.05) is 19.0 Å². The maximum atomic E-state index is 10.6. The topological polar surface area (TPSA) is 36.4 Å². The third-order valence-corrected chi connectivity index (χ3v) is 3.65. The van der Waals surface area contributed by atoms with Crippen LogP contribution in [0.4, 0.5) is 5.69 Å². The monoisotopic (exact) mass is 278 g/mol. The van der Waals surface area contributed by atoms with Crippen molar-refractivity contribution in [3.05, 3.63) is 71.9 Å². The van der Waals surface area contributed by atoms with E-state index in [1.54, 1.807) is 6.20 Å². The van der Waals surface area contributed by atoms with Gasteiger partial charge in [-0.05, 0) is 35.4 Å². The summed E-state index contributed by atoms with van der Waals surface area (Å²) < 4.78 is 0. The second kappa shape index (κ2) is 5.54. The Morgan fingerprint density at radius 3 is 2.57 bits per heavy atom. The molecule has 1 aromatic heterocycles. The number of aliphatic hydroxyl groups excluding tert-OH is 1. The normalized spacial score (nSPS) is 12.3. The Balaban J connectivity index is 1.99. The zero-order valence-electron chi connectivity index (χ0n) is 12.2. The zero-order chi connectivity index (χ0) is 14.8. The van der Waals surface area contributed by atoms with Gasteiger partial charge in [0.15, 0.2) is 0 Å². The van der Waals surface area contributed by atoms with Gasteiger partial charge in [0, 0.05) is 31.4 Å². The molecule has 0 amide bonds. The molecule has 0 aliphatic heterocycles. The summed E-state index contributed by atoms with van der Waals surface area (Å²) in [5, 5.41) is 11.7. The van der Waals surface area contributed by atoms with Crippen LogP contribution in [0.25, 0.3) is 10.9 Å². The molecule has 0 aliphatic rings. The van der Waals surface area contributed by atoms with Crippen LogP contribution in [0.3, 0.4) is 0 Å². The van der Waals surface area contributed by atoms with E-state index in [0.717, 1.165) is 27.7 Å². The van der Waals surface area contributed by atoms with Crippen molar-refractivity contribution in [1.29, 1.82) is 0 Å². The van der Waals surface area contributed by atoms with Crippen molar-refractivity contribution in [3.63, 3.8) is 0 Å². The SMILES string of the molecule is CN(C)c1cccc(C(O)c2ccc3cccnc3c2)c1. The fourth-order valence-corrected chi connectivity index (χ4v) is 2.42. The van der Waals surface area contributed by atoms with Gasteiger partial charge in [0.25, 0.3) is 0 Å². The number of fused-ring (bicyclic) bond motifs is 1. The Labute approximate surface area is 124 Å². The Bertz CT molecular complexity index is 768. The number of aliphatic hydroxyl groups is 1. The molecule has 1 N–H and O–H groups in total. The number of rotatable bonds is 3. The second-order valence-electron chi connectivity index (χ2n) is 5.35. The summed E-state index contributed by atoms with van der Waals surface area (Å²) in [6.45, 7) is 0. The average Bonchev–Trinajstić information content (AvgIpc) is 2.53. The third-order valence-electron chi connectivity index (χ3n) is 3.65. The van der Waals surface area contributed by atoms with E-state index in [-0.39, 0.29) is 0 Å². The van der Waals surface area contributed by atoms with E-state index in [0.29, 0.717) is 0 Å². The molecule has 0 radical (unpaired) electrons. The molecule has 106 valence electrons. The van der Waals surface area contributed by atoms with Gasteiger partial charge in [0.2, 0.25) is 0 Å². The van der Waals surface area contributed by atoms with Gasteiger partial charge in [0.05, 0.1) is 5.52 Å². The Hall–Kier alpha value is -2.39. The van der Waals surface area contributed by atoms with Crippen LogP contribution in [0.5, 0.6) is 0 Å². The first-order valence-corrected chi connectivity index (χ1v) is 6.95. The molecule has 1 atom stereocenters. The lowest BCUT2D eigenvalue weighted by atomic mass is 9.99. The van der Waals surface area contributed by atoms with E-state index in [1.165, 1.54) is 0 Å². The van der Waals surface area contributed by atoms with E-state index in [2.05, 4.69) is 4.98 Å². The summed E-state index contributed by atoms with van der Waals surface area (Å²) in [7, 11) is 3.98. The lowest BCUT2D eigenvalue weighted by Crippen LogP contribution is -2.09. The summed E-state index contributed by atoms with van der Waals surface area (Å²) in [5.41, 5.74) is 3.72. The maximum Gasteiger partial charge on any atom is 0.104 e. The standard InChI is InChI=1S/C18H18N2O/c1-20(2)16-7-3-5-14(11-16)18(21)15-9-8-13-6-4-10-19-17(13)12-15/h3-12,18,21H,1-2H3. The number of hydrogen-bond acceptors (Lipinski definition) is 3. The van der Waals surface area contributed by atoms with Gasteiger partial charge in [-0.1, -0.05) is 30.3 Å². The minimum atomic E-state index is -0.642. The molecule has 0 spiro atoms. The van der Waals surface area contributed by atoms with E-state index in [4.69, 9.17) is 0 Å². The molecule has 1 unspecified atom stereocenters. The molecule has 0 bridgehead atoms. The summed E-state index contributed by atoms with van der Waals surface area (Å²) in [6.07, 6.45) is 1.13. The minimum absolute atomic E-state index is 0.642. The second-order valence-corrected chi connectivity index (χ2v) is 5.35. The Morgan fingerprint density at radius 1 is 0.952 bits per heavy atom. The zero-order valence-corrected chi connectivity index (χ0v) is 12.2. The van der Waals surface area contributed by atoms with Crippen LogP contribution < -0.4 is 4.90 Å². The predicted molar refractivity (Wildman–Crippen MR) is 86.6 cm³/mol. The predicted octanol–water partition coefficient (Wildman–Crippen LogP) is 3.38. The molecule has 0 fully saturated rings. The van der Waals surface area contributed by atoms with Crippen molar-refractivity contribution in [2.24, 2.45) is 0 Å². The molecular formula is C18H18N2O. The molecule has 21 heavy (non-hydrogen) atoms. The fourth-order valence-electron chi connectivity index (χ4n) is 2.42. The number of benzene rings is 2. The highest BCUT2D eigenvalue weighted by atomic mass is 16.3. The maximum absolute atomic E-state index is 10.6. The summed E-state index contributed by atoms with van der Waals surface area (Å²) in [6, 6.07) is 17.8. The van der Waals surface area contributed by atoms with Crippen LogP contribution in [0.2, 0.25) is 0 Å². The average molecular weight is 278 g/mol. The third kappa shape index (κ3) is 2.73. The fraction of sp³-hybridized carbons (Fsp3) is 0.167. The number of anilines is 1. The molecule has 3 nitrogen and oxygen atoms in total. The first kappa shape index (κ1) is 13.6. The van der Waals surface area contributed by atoms with Crippen molar-refractivity contribution >= 4 is 16.6 Å². The van der Waals surface area contributed by atoms with Gasteiger partial charge < -0.3 is 10.0 Å². The highest BCUT2D eigenvalue weighted by Crippen LogP contribution is 2.26. The van der Waals surface area contributed by atoms with Crippen LogP contribution >= 0.6 is 0 Å². The van der Waals surface area contributed by atoms with Gasteiger partial charge >= 0.3 is 0 Å². The van der Waals surface area contributed by atoms with E-state index in [9.17, 15) is 5.11 Å². The summed E-state index contributed by atoms with van der Waals surface area (Å²) >= 11 is 0. The van der Waals surface area contributed by atoms with Gasteiger partial charge in [-0.3, -0.25) is 4.98 Å². The quantitative estimate of drug-likeness (QED) is 0.798. The number of aromatic nitrogens is 1. The van der Waals surface area contributed by atoms with Gasteiger partial charge in [0.1, 0.15) is 6.10 Å². The van der Waals surface area contributed by atoms with Crippen molar-refractivity contribution in [2.45, 2.75) is 6.10 Å². The van der Waals surface area contributed by atoms with Crippen LogP contribution in [0.1, 0.15) is 17.2 Å². The minimum Gasteiger partial charge on any atom is -0.384 e. The molecule has 0 aliphatic carbocycles. The lowest BCUT2D eigenvalue weighted by Gasteiger charge is -2.17.